The third-order valence-corrected chi connectivity index (χ3v) is 11.9. The maximum Gasteiger partial charge on any atom is 0.227 e. The molecule has 0 spiro atoms. The molecule has 3 nitrogen and oxygen atoms in total. The van der Waals surface area contributed by atoms with Crippen LogP contribution in [0.15, 0.2) is 199 Å². The number of nitrogens with zero attached hydrogens (tertiary/aromatic N) is 2. The third kappa shape index (κ3) is 5.22. The van der Waals surface area contributed by atoms with Gasteiger partial charge in [0.2, 0.25) is 5.89 Å². The Morgan fingerprint density at radius 1 is 0.455 bits per heavy atom. The van der Waals surface area contributed by atoms with E-state index in [1.807, 2.05) is 41.7 Å². The number of para-hydroxylation sites is 2. The van der Waals surface area contributed by atoms with Gasteiger partial charge in [-0.05, 0) is 87.9 Å². The van der Waals surface area contributed by atoms with Crippen molar-refractivity contribution in [3.8, 4) is 33.7 Å². The minimum Gasteiger partial charge on any atom is -0.435 e. The Morgan fingerprint density at radius 3 is 1.98 bits per heavy atom. The Labute approximate surface area is 322 Å². The van der Waals surface area contributed by atoms with Crippen LogP contribution in [0.2, 0.25) is 0 Å². The molecule has 55 heavy (non-hydrogen) atoms. The SMILES string of the molecule is c1ccc(-c2nc3ccc4cc(-c5ccccc5)c5ccc(N(c6ccccc6)c6ccccc6-c6cccc7c6sc6ccccc67)cc5c4c3o2)cc1. The fourth-order valence-electron chi connectivity index (χ4n) is 8.17. The Bertz CT molecular complexity index is 3200. The average Bonchev–Trinajstić information content (AvgIpc) is 3.87. The summed E-state index contributed by atoms with van der Waals surface area (Å²) < 4.78 is 9.30. The molecule has 0 aliphatic heterocycles. The zero-order chi connectivity index (χ0) is 36.3. The summed E-state index contributed by atoms with van der Waals surface area (Å²) in [6.07, 6.45) is 0. The molecule has 0 saturated carbocycles. The van der Waals surface area contributed by atoms with Gasteiger partial charge < -0.3 is 9.32 Å². The van der Waals surface area contributed by atoms with E-state index in [-0.39, 0.29) is 0 Å². The van der Waals surface area contributed by atoms with Crippen LogP contribution in [-0.2, 0) is 0 Å². The highest BCUT2D eigenvalue weighted by atomic mass is 32.1. The van der Waals surface area contributed by atoms with Crippen LogP contribution in [-0.4, -0.2) is 4.98 Å². The second-order valence-corrected chi connectivity index (χ2v) is 14.9. The highest BCUT2D eigenvalue weighted by molar-refractivity contribution is 7.26. The number of hydrogen-bond acceptors (Lipinski definition) is 4. The van der Waals surface area contributed by atoms with E-state index in [4.69, 9.17) is 9.40 Å². The summed E-state index contributed by atoms with van der Waals surface area (Å²) in [6, 6.07) is 69.2. The first-order chi connectivity index (χ1) is 27.3. The first kappa shape index (κ1) is 31.5. The number of benzene rings is 9. The summed E-state index contributed by atoms with van der Waals surface area (Å²) in [5.41, 5.74) is 10.6. The first-order valence-corrected chi connectivity index (χ1v) is 19.4. The standard InChI is InChI=1S/C51H32N2OS/c1-4-15-33(16-5-1)43-31-35-27-30-45-49(54-51(52-45)34-17-6-2-7-18-34)48(35)44-32-37(28-29-38(43)44)53(36-19-8-3-9-20-36)46-25-12-10-21-39(46)41-23-14-24-42-40-22-11-13-26-47(40)55-50(41)42/h1-32H. The number of anilines is 3. The molecule has 258 valence electrons. The van der Waals surface area contributed by atoms with Crippen LogP contribution in [0.3, 0.4) is 0 Å². The molecule has 11 rings (SSSR count). The largest absolute Gasteiger partial charge is 0.435 e. The van der Waals surface area contributed by atoms with E-state index in [1.165, 1.54) is 42.4 Å². The maximum atomic E-state index is 6.71. The predicted octanol–water partition coefficient (Wildman–Crippen LogP) is 15.0. The van der Waals surface area contributed by atoms with E-state index in [1.54, 1.807) is 0 Å². The van der Waals surface area contributed by atoms with Gasteiger partial charge in [-0.3, -0.25) is 0 Å². The van der Waals surface area contributed by atoms with Gasteiger partial charge in [-0.25, -0.2) is 4.98 Å². The lowest BCUT2D eigenvalue weighted by Crippen LogP contribution is -2.11. The second kappa shape index (κ2) is 12.8. The Morgan fingerprint density at radius 2 is 1.15 bits per heavy atom. The van der Waals surface area contributed by atoms with Crippen LogP contribution in [0.4, 0.5) is 17.1 Å². The number of rotatable bonds is 6. The number of fused-ring (bicyclic) bond motifs is 8. The summed E-state index contributed by atoms with van der Waals surface area (Å²) in [6.45, 7) is 0. The predicted molar refractivity (Wildman–Crippen MR) is 233 cm³/mol. The van der Waals surface area contributed by atoms with Gasteiger partial charge >= 0.3 is 0 Å². The lowest BCUT2D eigenvalue weighted by atomic mass is 9.92. The van der Waals surface area contributed by atoms with Gasteiger partial charge in [0, 0.05) is 53.6 Å². The lowest BCUT2D eigenvalue weighted by molar-refractivity contribution is 0.623. The third-order valence-electron chi connectivity index (χ3n) is 10.7. The van der Waals surface area contributed by atoms with Crippen LogP contribution < -0.4 is 4.90 Å². The van der Waals surface area contributed by atoms with Crippen molar-refractivity contribution in [3.63, 3.8) is 0 Å². The van der Waals surface area contributed by atoms with E-state index < -0.39 is 0 Å². The van der Waals surface area contributed by atoms with Gasteiger partial charge in [-0.2, -0.15) is 0 Å². The molecule has 0 atom stereocenters. The van der Waals surface area contributed by atoms with Crippen molar-refractivity contribution in [2.45, 2.75) is 0 Å². The summed E-state index contributed by atoms with van der Waals surface area (Å²) >= 11 is 1.86. The Balaban J connectivity index is 1.19. The van der Waals surface area contributed by atoms with Crippen LogP contribution >= 0.6 is 11.3 Å². The smallest absolute Gasteiger partial charge is 0.227 e. The van der Waals surface area contributed by atoms with Gasteiger partial charge in [0.25, 0.3) is 0 Å². The fraction of sp³-hybridized carbons (Fsp3) is 0. The van der Waals surface area contributed by atoms with Gasteiger partial charge in [0.1, 0.15) is 5.52 Å². The summed E-state index contributed by atoms with van der Waals surface area (Å²) in [7, 11) is 0. The summed E-state index contributed by atoms with van der Waals surface area (Å²) in [4.78, 5) is 7.38. The molecule has 0 amide bonds. The van der Waals surface area contributed by atoms with Crippen molar-refractivity contribution in [3.05, 3.63) is 194 Å². The van der Waals surface area contributed by atoms with Gasteiger partial charge in [0.05, 0.1) is 5.69 Å². The fourth-order valence-corrected chi connectivity index (χ4v) is 9.40. The molecule has 0 unspecified atom stereocenters. The highest BCUT2D eigenvalue weighted by Crippen LogP contribution is 2.47. The Hall–Kier alpha value is -7.01. The molecule has 4 heteroatoms. The first-order valence-electron chi connectivity index (χ1n) is 18.5. The molecular formula is C51H32N2OS. The van der Waals surface area contributed by atoms with Crippen molar-refractivity contribution in [1.82, 2.24) is 4.98 Å². The van der Waals surface area contributed by atoms with E-state index in [0.717, 1.165) is 55.3 Å². The van der Waals surface area contributed by atoms with Crippen molar-refractivity contribution >= 4 is 81.2 Å². The number of aromatic nitrogens is 1. The minimum absolute atomic E-state index is 0.620. The highest BCUT2D eigenvalue weighted by Gasteiger charge is 2.22. The van der Waals surface area contributed by atoms with Crippen LogP contribution in [0, 0.1) is 0 Å². The van der Waals surface area contributed by atoms with Crippen molar-refractivity contribution in [1.29, 1.82) is 0 Å². The van der Waals surface area contributed by atoms with E-state index in [9.17, 15) is 0 Å². The van der Waals surface area contributed by atoms with Gasteiger partial charge in [-0.15, -0.1) is 11.3 Å². The molecule has 9 aromatic carbocycles. The molecule has 0 radical (unpaired) electrons. The van der Waals surface area contributed by atoms with E-state index in [2.05, 4.69) is 169 Å². The maximum absolute atomic E-state index is 6.71. The van der Waals surface area contributed by atoms with Crippen molar-refractivity contribution in [2.75, 3.05) is 4.90 Å². The molecule has 2 aromatic heterocycles. The van der Waals surface area contributed by atoms with Crippen molar-refractivity contribution < 1.29 is 4.42 Å². The van der Waals surface area contributed by atoms with Gasteiger partial charge in [0.15, 0.2) is 5.58 Å². The zero-order valence-electron chi connectivity index (χ0n) is 29.7. The van der Waals surface area contributed by atoms with Crippen molar-refractivity contribution in [2.24, 2.45) is 0 Å². The normalized spacial score (nSPS) is 11.6. The molecule has 2 heterocycles. The molecular weight excluding hydrogens is 689 g/mol. The average molecular weight is 721 g/mol. The summed E-state index contributed by atoms with van der Waals surface area (Å²) in [5, 5.41) is 7.02. The molecule has 0 N–H and O–H groups in total. The number of thiophene rings is 1. The quantitative estimate of drug-likeness (QED) is 0.160. The van der Waals surface area contributed by atoms with Gasteiger partial charge in [-0.1, -0.05) is 133 Å². The second-order valence-electron chi connectivity index (χ2n) is 13.9. The minimum atomic E-state index is 0.620. The molecule has 0 saturated heterocycles. The Kier molecular flexibility index (Phi) is 7.35. The van der Waals surface area contributed by atoms with Crippen LogP contribution in [0.5, 0.6) is 0 Å². The molecule has 0 fully saturated rings. The van der Waals surface area contributed by atoms with E-state index >= 15 is 0 Å². The molecule has 0 bridgehead atoms. The number of hydrogen-bond donors (Lipinski definition) is 0. The lowest BCUT2D eigenvalue weighted by Gasteiger charge is -2.28. The number of oxazole rings is 1. The molecule has 0 aliphatic carbocycles. The molecule has 11 aromatic rings. The summed E-state index contributed by atoms with van der Waals surface area (Å²) in [5.74, 6) is 0.620. The monoisotopic (exact) mass is 720 g/mol. The topological polar surface area (TPSA) is 29.3 Å². The van der Waals surface area contributed by atoms with Crippen LogP contribution in [0.25, 0.3) is 86.5 Å². The molecule has 0 aliphatic rings. The zero-order valence-corrected chi connectivity index (χ0v) is 30.5. The van der Waals surface area contributed by atoms with Crippen LogP contribution in [0.1, 0.15) is 0 Å². The van der Waals surface area contributed by atoms with E-state index in [0.29, 0.717) is 5.89 Å².